The van der Waals surface area contributed by atoms with Crippen molar-refractivity contribution in [3.05, 3.63) is 20.8 Å². The van der Waals surface area contributed by atoms with Gasteiger partial charge in [-0.3, -0.25) is 19.3 Å². The Morgan fingerprint density at radius 2 is 2.15 bits per heavy atom. The predicted molar refractivity (Wildman–Crippen MR) is 97.9 cm³/mol. The van der Waals surface area contributed by atoms with Crippen molar-refractivity contribution in [2.75, 3.05) is 13.2 Å². The van der Waals surface area contributed by atoms with Gasteiger partial charge in [-0.2, -0.15) is 0 Å². The Morgan fingerprint density at radius 3 is 2.81 bits per heavy atom. The summed E-state index contributed by atoms with van der Waals surface area (Å²) in [5.41, 5.74) is -0.908. The highest BCUT2D eigenvalue weighted by Crippen LogP contribution is 2.38. The molecule has 1 aromatic rings. The number of urea groups is 1. The van der Waals surface area contributed by atoms with Crippen LogP contribution < -0.4 is 5.32 Å². The first-order valence-corrected chi connectivity index (χ1v) is 10.0. The smallest absolute Gasteiger partial charge is 0.326 e. The van der Waals surface area contributed by atoms with Gasteiger partial charge in [0.2, 0.25) is 5.78 Å². The molecule has 1 aromatic heterocycles. The van der Waals surface area contributed by atoms with Crippen LogP contribution in [0.25, 0.3) is 0 Å². The van der Waals surface area contributed by atoms with Crippen LogP contribution in [0.15, 0.2) is 15.9 Å². The molecule has 1 N–H and O–H groups in total. The van der Waals surface area contributed by atoms with Gasteiger partial charge in [0.05, 0.1) is 8.66 Å². The molecule has 2 atom stereocenters. The van der Waals surface area contributed by atoms with Crippen LogP contribution in [-0.2, 0) is 14.3 Å². The highest BCUT2D eigenvalue weighted by molar-refractivity contribution is 9.11. The van der Waals surface area contributed by atoms with Crippen molar-refractivity contribution in [1.82, 2.24) is 10.2 Å². The van der Waals surface area contributed by atoms with E-state index in [1.165, 1.54) is 11.3 Å². The molecule has 1 spiro atoms. The third-order valence-electron chi connectivity index (χ3n) is 5.00. The summed E-state index contributed by atoms with van der Waals surface area (Å²) in [6.45, 7) is 1.04. The normalized spacial score (nSPS) is 25.5. The first-order chi connectivity index (χ1) is 12.3. The second-order valence-electron chi connectivity index (χ2n) is 6.63. The number of carbonyl (C=O) groups excluding carboxylic acids is 4. The third kappa shape index (κ3) is 3.55. The van der Waals surface area contributed by atoms with Gasteiger partial charge in [0.25, 0.3) is 5.91 Å². The Balaban J connectivity index is 1.58. The first kappa shape index (κ1) is 19.0. The number of thiophene rings is 1. The maximum absolute atomic E-state index is 12.8. The standard InChI is InChI=1S/C17H19BrN2O5S/c1-10-4-2-3-7-17(10)15(23)20(16(24)19-17)8-14(22)25-9-11(21)12-5-6-13(18)26-12/h5-6,10H,2-4,7-9H2,1H3,(H,19,24)/t10-,17+/m1/s1. The molecule has 7 nitrogen and oxygen atoms in total. The number of amides is 3. The van der Waals surface area contributed by atoms with Gasteiger partial charge in [0.15, 0.2) is 6.61 Å². The average molecular weight is 443 g/mol. The summed E-state index contributed by atoms with van der Waals surface area (Å²) in [5.74, 6) is -1.46. The summed E-state index contributed by atoms with van der Waals surface area (Å²) in [7, 11) is 0. The summed E-state index contributed by atoms with van der Waals surface area (Å²) in [6.07, 6.45) is 3.32. The molecule has 3 rings (SSSR count). The average Bonchev–Trinajstić information content (AvgIpc) is 3.13. The monoisotopic (exact) mass is 442 g/mol. The molecule has 140 valence electrons. The molecular weight excluding hydrogens is 424 g/mol. The third-order valence-corrected chi connectivity index (χ3v) is 6.67. The maximum atomic E-state index is 12.8. The van der Waals surface area contributed by atoms with Crippen molar-refractivity contribution in [2.24, 2.45) is 5.92 Å². The molecule has 1 saturated heterocycles. The summed E-state index contributed by atoms with van der Waals surface area (Å²) in [5, 5.41) is 2.78. The molecule has 2 heterocycles. The van der Waals surface area contributed by atoms with E-state index in [9.17, 15) is 19.2 Å². The highest BCUT2D eigenvalue weighted by Gasteiger charge is 2.55. The number of Topliss-reactive ketones (excluding diaryl/α,β-unsaturated/α-hetero) is 1. The summed E-state index contributed by atoms with van der Waals surface area (Å²) in [6, 6.07) is 2.79. The molecule has 1 aliphatic heterocycles. The number of esters is 1. The zero-order chi connectivity index (χ0) is 18.9. The van der Waals surface area contributed by atoms with Gasteiger partial charge < -0.3 is 10.1 Å². The quantitative estimate of drug-likeness (QED) is 0.429. The molecule has 2 fully saturated rings. The molecule has 0 radical (unpaired) electrons. The Labute approximate surface area is 163 Å². The molecule has 0 aromatic carbocycles. The molecule has 0 unspecified atom stereocenters. The van der Waals surface area contributed by atoms with Gasteiger partial charge in [-0.1, -0.05) is 19.8 Å². The predicted octanol–water partition coefficient (Wildman–Crippen LogP) is 2.74. The van der Waals surface area contributed by atoms with E-state index >= 15 is 0 Å². The van der Waals surface area contributed by atoms with Gasteiger partial charge in [-0.15, -0.1) is 11.3 Å². The summed E-state index contributed by atoms with van der Waals surface area (Å²) >= 11 is 4.50. The van der Waals surface area contributed by atoms with E-state index in [1.807, 2.05) is 6.92 Å². The Bertz CT molecular complexity index is 764. The van der Waals surface area contributed by atoms with Crippen molar-refractivity contribution in [3.63, 3.8) is 0 Å². The molecule has 9 heteroatoms. The number of rotatable bonds is 5. The second kappa shape index (κ2) is 7.48. The van der Waals surface area contributed by atoms with Gasteiger partial charge >= 0.3 is 12.0 Å². The molecule has 2 aliphatic rings. The number of nitrogens with one attached hydrogen (secondary N) is 1. The van der Waals surface area contributed by atoms with Crippen molar-refractivity contribution >= 4 is 51.0 Å². The van der Waals surface area contributed by atoms with Gasteiger partial charge in [0.1, 0.15) is 12.1 Å². The van der Waals surface area contributed by atoms with E-state index in [-0.39, 0.29) is 17.6 Å². The largest absolute Gasteiger partial charge is 0.456 e. The van der Waals surface area contributed by atoms with Crippen molar-refractivity contribution in [3.8, 4) is 0 Å². The number of hydrogen-bond donors (Lipinski definition) is 1. The fourth-order valence-electron chi connectivity index (χ4n) is 3.50. The van der Waals surface area contributed by atoms with Gasteiger partial charge in [-0.05, 0) is 46.8 Å². The SMILES string of the molecule is C[C@@H]1CCCC[C@]12NC(=O)N(CC(=O)OCC(=O)c1ccc(Br)s1)C2=O. The number of ether oxygens (including phenoxy) is 1. The molecule has 1 saturated carbocycles. The number of nitrogens with zero attached hydrogens (tertiary/aromatic N) is 1. The van der Waals surface area contributed by atoms with E-state index in [1.54, 1.807) is 12.1 Å². The van der Waals surface area contributed by atoms with E-state index in [4.69, 9.17) is 4.74 Å². The van der Waals surface area contributed by atoms with Crippen molar-refractivity contribution in [2.45, 2.75) is 38.1 Å². The lowest BCUT2D eigenvalue weighted by atomic mass is 9.73. The zero-order valence-corrected chi connectivity index (χ0v) is 16.7. The van der Waals surface area contributed by atoms with Gasteiger partial charge in [0, 0.05) is 0 Å². The number of imide groups is 1. The maximum Gasteiger partial charge on any atom is 0.326 e. The van der Waals surface area contributed by atoms with Crippen LogP contribution in [0.3, 0.4) is 0 Å². The summed E-state index contributed by atoms with van der Waals surface area (Å²) in [4.78, 5) is 50.3. The van der Waals surface area contributed by atoms with Crippen molar-refractivity contribution in [1.29, 1.82) is 0 Å². The van der Waals surface area contributed by atoms with E-state index < -0.39 is 30.7 Å². The Morgan fingerprint density at radius 1 is 1.38 bits per heavy atom. The minimum absolute atomic E-state index is 0.0209. The van der Waals surface area contributed by atoms with E-state index in [0.717, 1.165) is 27.9 Å². The molecular formula is C17H19BrN2O5S. The van der Waals surface area contributed by atoms with Crippen molar-refractivity contribution < 1.29 is 23.9 Å². The highest BCUT2D eigenvalue weighted by atomic mass is 79.9. The van der Waals surface area contributed by atoms with Gasteiger partial charge in [-0.25, -0.2) is 4.79 Å². The molecule has 26 heavy (non-hydrogen) atoms. The van der Waals surface area contributed by atoms with Crippen LogP contribution in [0.1, 0.15) is 42.3 Å². The zero-order valence-electron chi connectivity index (χ0n) is 14.2. The van der Waals surface area contributed by atoms with Crippen LogP contribution in [0, 0.1) is 5.92 Å². The van der Waals surface area contributed by atoms with E-state index in [0.29, 0.717) is 11.3 Å². The first-order valence-electron chi connectivity index (χ1n) is 8.42. The number of halogens is 1. The van der Waals surface area contributed by atoms with Crippen LogP contribution in [0.2, 0.25) is 0 Å². The molecule has 0 bridgehead atoms. The molecule has 1 aliphatic carbocycles. The lowest BCUT2D eigenvalue weighted by Crippen LogP contribution is -2.54. The second-order valence-corrected chi connectivity index (χ2v) is 9.09. The van der Waals surface area contributed by atoms with Crippen LogP contribution in [-0.4, -0.2) is 47.3 Å². The van der Waals surface area contributed by atoms with Crippen LogP contribution >= 0.6 is 27.3 Å². The fourth-order valence-corrected chi connectivity index (χ4v) is 4.81. The van der Waals surface area contributed by atoms with Crippen LogP contribution in [0.4, 0.5) is 4.79 Å². The fraction of sp³-hybridized carbons (Fsp3) is 0.529. The summed E-state index contributed by atoms with van der Waals surface area (Å²) < 4.78 is 5.76. The minimum Gasteiger partial charge on any atom is -0.456 e. The Hall–Kier alpha value is -1.74. The topological polar surface area (TPSA) is 92.8 Å². The number of hydrogen-bond acceptors (Lipinski definition) is 6. The number of carbonyl (C=O) groups is 4. The van der Waals surface area contributed by atoms with Crippen LogP contribution in [0.5, 0.6) is 0 Å². The lowest BCUT2D eigenvalue weighted by Gasteiger charge is -2.36. The number of ketones is 1. The van der Waals surface area contributed by atoms with E-state index in [2.05, 4.69) is 21.2 Å². The molecule has 3 amide bonds. The minimum atomic E-state index is -0.908. The lowest BCUT2D eigenvalue weighted by molar-refractivity contribution is -0.147. The Kier molecular flexibility index (Phi) is 5.47.